The first-order valence-electron chi connectivity index (χ1n) is 9.91. The molecule has 0 saturated carbocycles. The number of methoxy groups -OCH3 is 1. The highest BCUT2D eigenvalue weighted by atomic mass is 16.5. The van der Waals surface area contributed by atoms with Gasteiger partial charge in [0, 0.05) is 19.3 Å². The number of carbonyl (C=O) groups excluding carboxylic acids is 2. The van der Waals surface area contributed by atoms with E-state index in [4.69, 9.17) is 5.73 Å². The average Bonchev–Trinajstić information content (AvgIpc) is 2.69. The topological polar surface area (TPSA) is 84.7 Å². The number of unbranched alkanes of at least 4 members (excludes halogenated alkanes) is 5. The molecule has 0 aliphatic heterocycles. The van der Waals surface area contributed by atoms with Crippen molar-refractivity contribution in [3.8, 4) is 0 Å². The number of anilines is 1. The van der Waals surface area contributed by atoms with Gasteiger partial charge in [0.05, 0.1) is 19.6 Å². The second-order valence-electron chi connectivity index (χ2n) is 6.91. The summed E-state index contributed by atoms with van der Waals surface area (Å²) in [6, 6.07) is 7.30. The zero-order valence-corrected chi connectivity index (χ0v) is 17.0. The minimum atomic E-state index is -0.445. The van der Waals surface area contributed by atoms with Gasteiger partial charge in [-0.1, -0.05) is 51.2 Å². The van der Waals surface area contributed by atoms with Crippen molar-refractivity contribution in [2.75, 3.05) is 25.6 Å². The Morgan fingerprint density at radius 3 is 2.33 bits per heavy atom. The Bertz CT molecular complexity index is 560. The predicted molar refractivity (Wildman–Crippen MR) is 110 cm³/mol. The van der Waals surface area contributed by atoms with Gasteiger partial charge in [0.25, 0.3) is 0 Å². The Morgan fingerprint density at radius 1 is 1.11 bits per heavy atom. The van der Waals surface area contributed by atoms with Crippen LogP contribution in [0.4, 0.5) is 10.5 Å². The molecule has 0 fully saturated rings. The normalized spacial score (nSPS) is 11.7. The van der Waals surface area contributed by atoms with Crippen LogP contribution in [-0.2, 0) is 16.0 Å². The van der Waals surface area contributed by atoms with Gasteiger partial charge in [0.1, 0.15) is 0 Å². The van der Waals surface area contributed by atoms with Gasteiger partial charge in [-0.05, 0) is 30.5 Å². The second-order valence-corrected chi connectivity index (χ2v) is 6.91. The fourth-order valence-corrected chi connectivity index (χ4v) is 2.86. The number of ether oxygens (including phenoxy) is 1. The SMILES string of the molecule is CCCCCCCCc1ccc(N(C)C(=O)N[C@@H](CN)CC(=O)OC)cc1. The van der Waals surface area contributed by atoms with Crippen LogP contribution in [0.1, 0.15) is 57.4 Å². The molecule has 0 unspecified atom stereocenters. The number of urea groups is 1. The van der Waals surface area contributed by atoms with Crippen molar-refractivity contribution >= 4 is 17.7 Å². The number of benzene rings is 1. The van der Waals surface area contributed by atoms with E-state index in [2.05, 4.69) is 29.1 Å². The summed E-state index contributed by atoms with van der Waals surface area (Å²) in [5, 5.41) is 2.76. The van der Waals surface area contributed by atoms with E-state index < -0.39 is 12.0 Å². The number of hydrogen-bond donors (Lipinski definition) is 2. The number of aryl methyl sites for hydroxylation is 1. The molecule has 6 heteroatoms. The van der Waals surface area contributed by atoms with E-state index in [9.17, 15) is 9.59 Å². The lowest BCUT2D eigenvalue weighted by molar-refractivity contribution is -0.141. The molecule has 6 nitrogen and oxygen atoms in total. The van der Waals surface area contributed by atoms with Gasteiger partial charge in [-0.2, -0.15) is 0 Å². The van der Waals surface area contributed by atoms with E-state index in [-0.39, 0.29) is 19.0 Å². The van der Waals surface area contributed by atoms with E-state index >= 15 is 0 Å². The third kappa shape index (κ3) is 8.91. The van der Waals surface area contributed by atoms with Gasteiger partial charge in [0.2, 0.25) is 0 Å². The lowest BCUT2D eigenvalue weighted by Crippen LogP contribution is -2.47. The number of nitrogens with one attached hydrogen (secondary N) is 1. The van der Waals surface area contributed by atoms with Crippen LogP contribution in [0.5, 0.6) is 0 Å². The zero-order valence-electron chi connectivity index (χ0n) is 17.0. The van der Waals surface area contributed by atoms with Crippen LogP contribution in [0, 0.1) is 0 Å². The molecule has 1 aromatic rings. The van der Waals surface area contributed by atoms with Crippen LogP contribution < -0.4 is 16.0 Å². The molecule has 2 amide bonds. The number of amides is 2. The summed E-state index contributed by atoms with van der Waals surface area (Å²) in [7, 11) is 3.01. The van der Waals surface area contributed by atoms with Crippen molar-refractivity contribution in [3.05, 3.63) is 29.8 Å². The fourth-order valence-electron chi connectivity index (χ4n) is 2.86. The highest BCUT2D eigenvalue weighted by Gasteiger charge is 2.18. The Morgan fingerprint density at radius 2 is 1.74 bits per heavy atom. The summed E-state index contributed by atoms with van der Waals surface area (Å²) >= 11 is 0. The van der Waals surface area contributed by atoms with Crippen molar-refractivity contribution in [1.82, 2.24) is 5.32 Å². The summed E-state index contributed by atoms with van der Waals surface area (Å²) in [6.07, 6.45) is 8.83. The maximum Gasteiger partial charge on any atom is 0.321 e. The van der Waals surface area contributed by atoms with E-state index in [0.717, 1.165) is 12.1 Å². The molecule has 0 saturated heterocycles. The van der Waals surface area contributed by atoms with Crippen molar-refractivity contribution in [3.63, 3.8) is 0 Å². The second kappa shape index (κ2) is 13.1. The highest BCUT2D eigenvalue weighted by molar-refractivity contribution is 5.91. The van der Waals surface area contributed by atoms with E-state index in [1.54, 1.807) is 7.05 Å². The van der Waals surface area contributed by atoms with Gasteiger partial charge in [-0.25, -0.2) is 4.79 Å². The molecule has 0 heterocycles. The molecular formula is C21H35N3O3. The van der Waals surface area contributed by atoms with Crippen LogP contribution in [0.3, 0.4) is 0 Å². The van der Waals surface area contributed by atoms with Crippen LogP contribution in [0.2, 0.25) is 0 Å². The minimum absolute atomic E-state index is 0.0593. The van der Waals surface area contributed by atoms with Crippen LogP contribution in [-0.4, -0.2) is 38.7 Å². The molecule has 1 aromatic carbocycles. The molecule has 27 heavy (non-hydrogen) atoms. The molecule has 0 radical (unpaired) electrons. The van der Waals surface area contributed by atoms with Gasteiger partial charge >= 0.3 is 12.0 Å². The van der Waals surface area contributed by atoms with Crippen molar-refractivity contribution in [1.29, 1.82) is 0 Å². The largest absolute Gasteiger partial charge is 0.469 e. The maximum absolute atomic E-state index is 12.4. The number of hydrogen-bond acceptors (Lipinski definition) is 4. The minimum Gasteiger partial charge on any atom is -0.469 e. The number of carbonyl (C=O) groups is 2. The lowest BCUT2D eigenvalue weighted by Gasteiger charge is -2.22. The third-order valence-corrected chi connectivity index (χ3v) is 4.70. The van der Waals surface area contributed by atoms with Gasteiger partial charge < -0.3 is 15.8 Å². The lowest BCUT2D eigenvalue weighted by atomic mass is 10.0. The summed E-state index contributed by atoms with van der Waals surface area (Å²) < 4.78 is 4.62. The third-order valence-electron chi connectivity index (χ3n) is 4.70. The summed E-state index contributed by atoms with van der Waals surface area (Å²) in [6.45, 7) is 2.40. The van der Waals surface area contributed by atoms with Crippen molar-refractivity contribution < 1.29 is 14.3 Å². The molecule has 1 rings (SSSR count). The first-order valence-corrected chi connectivity index (χ1v) is 9.91. The first kappa shape index (κ1) is 23.0. The Hall–Kier alpha value is -2.08. The zero-order chi connectivity index (χ0) is 20.1. The van der Waals surface area contributed by atoms with Gasteiger partial charge in [-0.3, -0.25) is 9.69 Å². The molecule has 1 atom stereocenters. The number of nitrogens with two attached hydrogens (primary N) is 1. The molecule has 0 bridgehead atoms. The van der Waals surface area contributed by atoms with Crippen molar-refractivity contribution in [2.45, 2.75) is 64.3 Å². The molecule has 0 spiro atoms. The van der Waals surface area contributed by atoms with Crippen LogP contribution in [0.15, 0.2) is 24.3 Å². The first-order chi connectivity index (χ1) is 13.0. The number of rotatable bonds is 12. The smallest absolute Gasteiger partial charge is 0.321 e. The summed E-state index contributed by atoms with van der Waals surface area (Å²) in [5.41, 5.74) is 7.71. The van der Waals surface area contributed by atoms with E-state index in [1.807, 2.05) is 12.1 Å². The quantitative estimate of drug-likeness (QED) is 0.430. The molecule has 152 valence electrons. The Balaban J connectivity index is 2.46. The molecule has 0 aliphatic carbocycles. The standard InChI is InChI=1S/C21H35N3O3/c1-4-5-6-7-8-9-10-17-11-13-19(14-12-17)24(2)21(26)23-18(16-22)15-20(25)27-3/h11-14,18H,4-10,15-16,22H2,1-3H3,(H,23,26)/t18-/m1/s1. The Kier molecular flexibility index (Phi) is 11.2. The molecule has 3 N–H and O–H groups in total. The molecule has 0 aromatic heterocycles. The molecular weight excluding hydrogens is 342 g/mol. The summed E-state index contributed by atoms with van der Waals surface area (Å²) in [4.78, 5) is 25.3. The van der Waals surface area contributed by atoms with E-state index in [0.29, 0.717) is 0 Å². The fraction of sp³-hybridized carbons (Fsp3) is 0.619. The monoisotopic (exact) mass is 377 g/mol. The number of nitrogens with zero attached hydrogens (tertiary/aromatic N) is 1. The number of esters is 1. The van der Waals surface area contributed by atoms with Crippen molar-refractivity contribution in [2.24, 2.45) is 5.73 Å². The Labute approximate surface area is 163 Å². The highest BCUT2D eigenvalue weighted by Crippen LogP contribution is 2.16. The van der Waals surface area contributed by atoms with Gasteiger partial charge in [0.15, 0.2) is 0 Å². The predicted octanol–water partition coefficient (Wildman–Crippen LogP) is 3.63. The summed E-state index contributed by atoms with van der Waals surface area (Å²) in [5.74, 6) is -0.396. The van der Waals surface area contributed by atoms with E-state index in [1.165, 1.54) is 56.1 Å². The molecule has 0 aliphatic rings. The van der Waals surface area contributed by atoms with Crippen LogP contribution >= 0.6 is 0 Å². The average molecular weight is 378 g/mol. The van der Waals surface area contributed by atoms with Gasteiger partial charge in [-0.15, -0.1) is 0 Å². The maximum atomic E-state index is 12.4. The van der Waals surface area contributed by atoms with Crippen LogP contribution in [0.25, 0.3) is 0 Å².